The first-order valence-corrected chi connectivity index (χ1v) is 18.0. The number of fused-ring (bicyclic) bond motifs is 5. The molecular weight excluding hydrogens is 616 g/mol. The van der Waals surface area contributed by atoms with Gasteiger partial charge in [0.15, 0.2) is 5.76 Å². The van der Waals surface area contributed by atoms with Gasteiger partial charge in [0.2, 0.25) is 16.3 Å². The number of allylic oxidation sites excluding steroid dienone is 1. The fourth-order valence-corrected chi connectivity index (χ4v) is 9.39. The molecule has 2 saturated carbocycles. The summed E-state index contributed by atoms with van der Waals surface area (Å²) in [5.41, 5.74) is 6.14. The number of nitrogens with one attached hydrogen (secondary N) is 1. The lowest BCUT2D eigenvalue weighted by atomic mass is 9.87. The van der Waals surface area contributed by atoms with Gasteiger partial charge in [0.05, 0.1) is 25.2 Å². The number of ether oxygens (including phenoxy) is 3. The predicted molar refractivity (Wildman–Crippen MR) is 177 cm³/mol. The molecule has 4 aliphatic rings. The summed E-state index contributed by atoms with van der Waals surface area (Å²) in [5.74, 6) is 1.67. The third kappa shape index (κ3) is 6.44. The van der Waals surface area contributed by atoms with Crippen LogP contribution in [0.3, 0.4) is 0 Å². The predicted octanol–water partition coefficient (Wildman–Crippen LogP) is 4.98. The van der Waals surface area contributed by atoms with E-state index >= 15 is 0 Å². The van der Waals surface area contributed by atoms with Crippen LogP contribution in [-0.2, 0) is 30.7 Å². The Bertz CT molecular complexity index is 1760. The van der Waals surface area contributed by atoms with Crippen molar-refractivity contribution in [3.05, 3.63) is 95.3 Å². The molecular formula is C37H42N2O7S. The quantitative estimate of drug-likeness (QED) is 0.221. The highest BCUT2D eigenvalue weighted by atomic mass is 32.2. The van der Waals surface area contributed by atoms with Gasteiger partial charge < -0.3 is 24.6 Å². The number of benzene rings is 3. The average molecular weight is 659 g/mol. The van der Waals surface area contributed by atoms with Gasteiger partial charge >= 0.3 is 0 Å². The molecule has 0 radical (unpaired) electrons. The van der Waals surface area contributed by atoms with E-state index in [2.05, 4.69) is 47.8 Å². The van der Waals surface area contributed by atoms with E-state index in [1.165, 1.54) is 58.6 Å². The number of aliphatic hydroxyl groups excluding tert-OH is 1. The molecule has 248 valence electrons. The zero-order chi connectivity index (χ0) is 32.5. The molecule has 2 fully saturated rings. The number of methoxy groups -OCH3 is 1. The number of rotatable bonds is 12. The highest BCUT2D eigenvalue weighted by Gasteiger charge is 2.41. The van der Waals surface area contributed by atoms with Gasteiger partial charge in [0, 0.05) is 31.5 Å². The Kier molecular flexibility index (Phi) is 9.11. The van der Waals surface area contributed by atoms with Gasteiger partial charge in [-0.25, -0.2) is 8.42 Å². The maximum atomic E-state index is 13.7. The lowest BCUT2D eigenvalue weighted by Crippen LogP contribution is -2.41. The van der Waals surface area contributed by atoms with Crippen LogP contribution in [0.2, 0.25) is 0 Å². The van der Waals surface area contributed by atoms with Gasteiger partial charge in [0.25, 0.3) is 5.91 Å². The minimum Gasteiger partial charge on any atom is -0.497 e. The van der Waals surface area contributed by atoms with E-state index in [0.717, 1.165) is 24.8 Å². The summed E-state index contributed by atoms with van der Waals surface area (Å²) in [6.07, 6.45) is 7.08. The second kappa shape index (κ2) is 13.4. The first-order valence-electron chi connectivity index (χ1n) is 16.6. The van der Waals surface area contributed by atoms with Crippen molar-refractivity contribution in [3.63, 3.8) is 0 Å². The van der Waals surface area contributed by atoms with Crippen LogP contribution < -0.4 is 10.1 Å². The molecule has 3 unspecified atom stereocenters. The molecule has 1 aliphatic heterocycles. The zero-order valence-electron chi connectivity index (χ0n) is 26.6. The summed E-state index contributed by atoms with van der Waals surface area (Å²) >= 11 is 0. The third-order valence-corrected chi connectivity index (χ3v) is 12.2. The molecule has 0 saturated heterocycles. The molecule has 7 rings (SSSR count). The molecule has 9 nitrogen and oxygen atoms in total. The summed E-state index contributed by atoms with van der Waals surface area (Å²) in [5, 5.41) is 13.0. The minimum absolute atomic E-state index is 0.00583. The Hall–Kier alpha value is -3.70. The van der Waals surface area contributed by atoms with E-state index in [-0.39, 0.29) is 54.8 Å². The molecule has 2 bridgehead atoms. The van der Waals surface area contributed by atoms with Crippen molar-refractivity contribution < 1.29 is 32.5 Å². The van der Waals surface area contributed by atoms with Crippen molar-refractivity contribution in [2.75, 3.05) is 33.4 Å². The molecule has 3 aromatic carbocycles. The summed E-state index contributed by atoms with van der Waals surface area (Å²) in [7, 11) is -2.38. The van der Waals surface area contributed by atoms with E-state index in [4.69, 9.17) is 14.2 Å². The summed E-state index contributed by atoms with van der Waals surface area (Å²) in [6.45, 7) is -0.396. The van der Waals surface area contributed by atoms with E-state index in [1.807, 2.05) is 6.08 Å². The number of hydrogen-bond donors (Lipinski definition) is 2. The number of sulfonamides is 1. The standard InChI is InChI=1S/C37H42N2O7S/c1-44-28-11-13-29(14-12-28)47(42,43)39(15-17-40)16-18-45-36-23-27(22-35(46-36)37(41)38-34-20-24-9-10-26(34)19-24)31-7-4-8-32-30-6-3-2-5-25(30)21-33(31)32/h2-8,11-14,22,24,26-27,34,36,40H,9-10,15-21,23H2,1H3,(H,38,41)/t24?,26?,27-,34?,36+/m1/s1. The van der Waals surface area contributed by atoms with Crippen LogP contribution in [0.25, 0.3) is 11.1 Å². The maximum Gasteiger partial charge on any atom is 0.286 e. The van der Waals surface area contributed by atoms with Gasteiger partial charge in [-0.2, -0.15) is 4.31 Å². The van der Waals surface area contributed by atoms with Crippen molar-refractivity contribution in [1.82, 2.24) is 9.62 Å². The topological polar surface area (TPSA) is 114 Å². The Morgan fingerprint density at radius 3 is 2.53 bits per heavy atom. The smallest absolute Gasteiger partial charge is 0.286 e. The summed E-state index contributed by atoms with van der Waals surface area (Å²) in [4.78, 5) is 13.8. The van der Waals surface area contributed by atoms with Gasteiger partial charge in [-0.3, -0.25) is 4.79 Å². The lowest BCUT2D eigenvalue weighted by molar-refractivity contribution is -0.147. The van der Waals surface area contributed by atoms with Crippen LogP contribution in [0.4, 0.5) is 0 Å². The molecule has 47 heavy (non-hydrogen) atoms. The molecule has 0 spiro atoms. The van der Waals surface area contributed by atoms with E-state index in [0.29, 0.717) is 24.0 Å². The summed E-state index contributed by atoms with van der Waals surface area (Å²) in [6, 6.07) is 21.1. The minimum atomic E-state index is -3.90. The summed E-state index contributed by atoms with van der Waals surface area (Å²) < 4.78 is 45.6. The van der Waals surface area contributed by atoms with Gasteiger partial charge in [-0.15, -0.1) is 0 Å². The first kappa shape index (κ1) is 31.9. The van der Waals surface area contributed by atoms with Crippen molar-refractivity contribution in [2.45, 2.75) is 61.7 Å². The number of aliphatic hydroxyl groups is 1. The monoisotopic (exact) mass is 658 g/mol. The molecule has 0 aromatic heterocycles. The number of carbonyl (C=O) groups excluding carboxylic acids is 1. The molecule has 1 amide bonds. The fraction of sp³-hybridized carbons (Fsp3) is 0.432. The molecule has 10 heteroatoms. The number of amides is 1. The normalized spacial score (nSPS) is 24.4. The number of nitrogens with zero attached hydrogens (tertiary/aromatic N) is 1. The third-order valence-electron chi connectivity index (χ3n) is 10.3. The van der Waals surface area contributed by atoms with Crippen molar-refractivity contribution in [2.24, 2.45) is 11.8 Å². The molecule has 1 heterocycles. The van der Waals surface area contributed by atoms with E-state index in [9.17, 15) is 18.3 Å². The van der Waals surface area contributed by atoms with Crippen LogP contribution in [0, 0.1) is 11.8 Å². The highest BCUT2D eigenvalue weighted by Crippen LogP contribution is 2.45. The largest absolute Gasteiger partial charge is 0.497 e. The number of hydrogen-bond acceptors (Lipinski definition) is 7. The van der Waals surface area contributed by atoms with Gasteiger partial charge in [0.1, 0.15) is 5.75 Å². The van der Waals surface area contributed by atoms with Crippen LogP contribution in [0.15, 0.2) is 83.5 Å². The van der Waals surface area contributed by atoms with E-state index in [1.54, 1.807) is 12.1 Å². The SMILES string of the molecule is COc1ccc(S(=O)(=O)N(CCO)CCO[C@@H]2C[C@H](c3cccc4c3Cc3ccccc3-4)C=C(C(=O)NC3CC4CCC3C4)O2)cc1. The van der Waals surface area contributed by atoms with Crippen LogP contribution >= 0.6 is 0 Å². The van der Waals surface area contributed by atoms with Crippen LogP contribution in [0.5, 0.6) is 5.75 Å². The Morgan fingerprint density at radius 2 is 1.79 bits per heavy atom. The fourth-order valence-electron chi connectivity index (χ4n) is 7.97. The second-order valence-electron chi connectivity index (χ2n) is 13.1. The molecule has 5 atom stereocenters. The number of carbonyl (C=O) groups is 1. The van der Waals surface area contributed by atoms with Crippen molar-refractivity contribution >= 4 is 15.9 Å². The zero-order valence-corrected chi connectivity index (χ0v) is 27.5. The van der Waals surface area contributed by atoms with Crippen LogP contribution in [-0.4, -0.2) is 69.5 Å². The first-order chi connectivity index (χ1) is 22.8. The Morgan fingerprint density at radius 1 is 0.979 bits per heavy atom. The molecule has 3 aliphatic carbocycles. The van der Waals surface area contributed by atoms with Gasteiger partial charge in [-0.05, 0) is 95.7 Å². The highest BCUT2D eigenvalue weighted by molar-refractivity contribution is 7.89. The van der Waals surface area contributed by atoms with Crippen LogP contribution in [0.1, 0.15) is 54.7 Å². The lowest BCUT2D eigenvalue weighted by Gasteiger charge is -2.32. The maximum absolute atomic E-state index is 13.7. The molecule has 2 N–H and O–H groups in total. The average Bonchev–Trinajstić information content (AvgIpc) is 3.82. The van der Waals surface area contributed by atoms with E-state index < -0.39 is 16.3 Å². The Balaban J connectivity index is 1.10. The van der Waals surface area contributed by atoms with Crippen molar-refractivity contribution in [3.8, 4) is 16.9 Å². The molecule has 3 aromatic rings. The second-order valence-corrected chi connectivity index (χ2v) is 15.0. The Labute approximate surface area is 276 Å². The van der Waals surface area contributed by atoms with Crippen molar-refractivity contribution in [1.29, 1.82) is 0 Å². The van der Waals surface area contributed by atoms with Gasteiger partial charge in [-0.1, -0.05) is 48.9 Å².